The van der Waals surface area contributed by atoms with Crippen molar-refractivity contribution in [1.29, 1.82) is 0 Å². The standard InChI is InChI=1S/C30H30N2O3/c1-31(2)23-11-9-21(10-12-23)26-19-29(34)32(24-13-15-25(35-3)16-14-24)27-17-22(18-28(33)30(26)27)20-7-5-4-6-8-20/h4-16,22,26H,17-19H2,1-3H3. The molecule has 178 valence electrons. The van der Waals surface area contributed by atoms with Crippen molar-refractivity contribution < 1.29 is 14.3 Å². The molecule has 0 spiro atoms. The fourth-order valence-corrected chi connectivity index (χ4v) is 5.32. The molecule has 0 aromatic heterocycles. The molecule has 3 aromatic rings. The van der Waals surface area contributed by atoms with Gasteiger partial charge in [0.15, 0.2) is 5.78 Å². The third-order valence-electron chi connectivity index (χ3n) is 7.14. The maximum Gasteiger partial charge on any atom is 0.232 e. The second kappa shape index (κ2) is 9.41. The molecule has 1 amide bonds. The number of allylic oxidation sites excluding steroid dienone is 2. The molecule has 3 aromatic carbocycles. The van der Waals surface area contributed by atoms with Gasteiger partial charge in [-0.1, -0.05) is 42.5 Å². The van der Waals surface area contributed by atoms with Crippen molar-refractivity contribution in [3.05, 3.63) is 101 Å². The van der Waals surface area contributed by atoms with Gasteiger partial charge in [-0.2, -0.15) is 0 Å². The van der Waals surface area contributed by atoms with E-state index in [9.17, 15) is 9.59 Å². The van der Waals surface area contributed by atoms with Crippen LogP contribution in [0, 0.1) is 0 Å². The van der Waals surface area contributed by atoms with E-state index < -0.39 is 0 Å². The first-order valence-corrected chi connectivity index (χ1v) is 12.0. The van der Waals surface area contributed by atoms with E-state index >= 15 is 0 Å². The van der Waals surface area contributed by atoms with Gasteiger partial charge in [-0.05, 0) is 59.9 Å². The lowest BCUT2D eigenvalue weighted by molar-refractivity contribution is -0.120. The summed E-state index contributed by atoms with van der Waals surface area (Å²) >= 11 is 0. The van der Waals surface area contributed by atoms with Crippen molar-refractivity contribution in [1.82, 2.24) is 0 Å². The Morgan fingerprint density at radius 2 is 1.49 bits per heavy atom. The Morgan fingerprint density at radius 1 is 0.800 bits per heavy atom. The highest BCUT2D eigenvalue weighted by Gasteiger charge is 2.42. The Kier molecular flexibility index (Phi) is 6.16. The number of amides is 1. The molecule has 0 radical (unpaired) electrons. The van der Waals surface area contributed by atoms with Crippen LogP contribution in [-0.2, 0) is 9.59 Å². The smallest absolute Gasteiger partial charge is 0.232 e. The largest absolute Gasteiger partial charge is 0.497 e. The summed E-state index contributed by atoms with van der Waals surface area (Å²) in [6, 6.07) is 25.8. The fourth-order valence-electron chi connectivity index (χ4n) is 5.32. The van der Waals surface area contributed by atoms with Crippen molar-refractivity contribution in [2.45, 2.75) is 31.1 Å². The molecule has 2 aliphatic rings. The van der Waals surface area contributed by atoms with Crippen LogP contribution in [0.2, 0.25) is 0 Å². The number of benzene rings is 3. The van der Waals surface area contributed by atoms with E-state index in [1.54, 1.807) is 12.0 Å². The van der Waals surface area contributed by atoms with Gasteiger partial charge in [-0.25, -0.2) is 0 Å². The molecular weight excluding hydrogens is 436 g/mol. The number of ketones is 1. The van der Waals surface area contributed by atoms with Crippen LogP contribution in [-0.4, -0.2) is 32.9 Å². The first-order valence-electron chi connectivity index (χ1n) is 12.0. The Morgan fingerprint density at radius 3 is 2.11 bits per heavy atom. The normalized spacial score (nSPS) is 20.0. The summed E-state index contributed by atoms with van der Waals surface area (Å²) in [5.41, 5.74) is 5.61. The average Bonchev–Trinajstić information content (AvgIpc) is 2.88. The van der Waals surface area contributed by atoms with E-state index in [2.05, 4.69) is 36.4 Å². The van der Waals surface area contributed by atoms with Gasteiger partial charge >= 0.3 is 0 Å². The minimum atomic E-state index is -0.229. The summed E-state index contributed by atoms with van der Waals surface area (Å²) in [6.07, 6.45) is 1.38. The molecule has 1 heterocycles. The van der Waals surface area contributed by atoms with Crippen LogP contribution in [0.5, 0.6) is 5.75 Å². The molecule has 5 heteroatoms. The van der Waals surface area contributed by atoms with Gasteiger partial charge in [0.2, 0.25) is 5.91 Å². The van der Waals surface area contributed by atoms with Gasteiger partial charge in [-0.15, -0.1) is 0 Å². The molecule has 5 rings (SSSR count). The molecule has 2 unspecified atom stereocenters. The van der Waals surface area contributed by atoms with E-state index in [1.807, 2.05) is 61.5 Å². The minimum absolute atomic E-state index is 0.0112. The highest BCUT2D eigenvalue weighted by Crippen LogP contribution is 2.47. The van der Waals surface area contributed by atoms with Crippen molar-refractivity contribution in [2.24, 2.45) is 0 Å². The van der Waals surface area contributed by atoms with E-state index in [-0.39, 0.29) is 29.9 Å². The summed E-state index contributed by atoms with van der Waals surface area (Å²) < 4.78 is 5.31. The summed E-state index contributed by atoms with van der Waals surface area (Å²) in [4.78, 5) is 31.2. The Labute approximate surface area is 206 Å². The van der Waals surface area contributed by atoms with Gasteiger partial charge < -0.3 is 9.64 Å². The molecular formula is C30H30N2O3. The van der Waals surface area contributed by atoms with Gasteiger partial charge in [0.05, 0.1) is 7.11 Å². The van der Waals surface area contributed by atoms with Crippen LogP contribution in [0.4, 0.5) is 11.4 Å². The lowest BCUT2D eigenvalue weighted by Crippen LogP contribution is -2.41. The van der Waals surface area contributed by atoms with E-state index in [0.29, 0.717) is 12.8 Å². The number of hydrogen-bond donors (Lipinski definition) is 0. The number of nitrogens with zero attached hydrogens (tertiary/aromatic N) is 2. The Hall–Kier alpha value is -3.86. The van der Waals surface area contributed by atoms with Crippen molar-refractivity contribution in [2.75, 3.05) is 31.0 Å². The van der Waals surface area contributed by atoms with Gasteiger partial charge in [-0.3, -0.25) is 14.5 Å². The van der Waals surface area contributed by atoms with E-state index in [0.717, 1.165) is 39.5 Å². The average molecular weight is 467 g/mol. The molecule has 0 fully saturated rings. The van der Waals surface area contributed by atoms with Crippen molar-refractivity contribution >= 4 is 23.1 Å². The van der Waals surface area contributed by atoms with Crippen molar-refractivity contribution in [3.63, 3.8) is 0 Å². The Balaban J connectivity index is 1.61. The van der Waals surface area contributed by atoms with Gasteiger partial charge in [0.1, 0.15) is 5.75 Å². The second-order valence-corrected chi connectivity index (χ2v) is 9.47. The maximum absolute atomic E-state index is 13.7. The number of ether oxygens (including phenoxy) is 1. The van der Waals surface area contributed by atoms with Crippen LogP contribution in [0.1, 0.15) is 42.2 Å². The lowest BCUT2D eigenvalue weighted by atomic mass is 9.72. The zero-order valence-corrected chi connectivity index (χ0v) is 20.4. The molecule has 0 bridgehead atoms. The summed E-state index contributed by atoms with van der Waals surface area (Å²) in [5.74, 6) is 0.691. The zero-order chi connectivity index (χ0) is 24.5. The van der Waals surface area contributed by atoms with Gasteiger partial charge in [0, 0.05) is 55.5 Å². The van der Waals surface area contributed by atoms with Crippen LogP contribution in [0.3, 0.4) is 0 Å². The second-order valence-electron chi connectivity index (χ2n) is 9.47. The van der Waals surface area contributed by atoms with Crippen molar-refractivity contribution in [3.8, 4) is 5.75 Å². The Bertz CT molecular complexity index is 1260. The molecule has 1 aliphatic carbocycles. The number of Topliss-reactive ketones (excluding diaryl/α,β-unsaturated/α-hetero) is 1. The number of carbonyl (C=O) groups is 2. The SMILES string of the molecule is COc1ccc(N2C(=O)CC(c3ccc(N(C)C)cc3)C3=C2CC(c2ccccc2)CC3=O)cc1. The summed E-state index contributed by atoms with van der Waals surface area (Å²) in [6.45, 7) is 0. The predicted octanol–water partition coefficient (Wildman–Crippen LogP) is 5.68. The van der Waals surface area contributed by atoms with E-state index in [4.69, 9.17) is 4.74 Å². The molecule has 0 N–H and O–H groups in total. The zero-order valence-electron chi connectivity index (χ0n) is 20.4. The number of carbonyl (C=O) groups excluding carboxylic acids is 2. The molecule has 35 heavy (non-hydrogen) atoms. The highest BCUT2D eigenvalue weighted by atomic mass is 16.5. The van der Waals surface area contributed by atoms with E-state index in [1.165, 1.54) is 0 Å². The quantitative estimate of drug-likeness (QED) is 0.485. The third-order valence-corrected chi connectivity index (χ3v) is 7.14. The summed E-state index contributed by atoms with van der Waals surface area (Å²) in [7, 11) is 5.62. The fraction of sp³-hybridized carbons (Fsp3) is 0.267. The third kappa shape index (κ3) is 4.34. The molecule has 5 nitrogen and oxygen atoms in total. The summed E-state index contributed by atoms with van der Waals surface area (Å²) in [5, 5.41) is 0. The van der Waals surface area contributed by atoms with Crippen LogP contribution in [0.15, 0.2) is 90.1 Å². The number of anilines is 2. The lowest BCUT2D eigenvalue weighted by Gasteiger charge is -2.40. The van der Waals surface area contributed by atoms with Crippen LogP contribution < -0.4 is 14.5 Å². The molecule has 1 aliphatic heterocycles. The highest BCUT2D eigenvalue weighted by molar-refractivity contribution is 6.08. The number of methoxy groups -OCH3 is 1. The van der Waals surface area contributed by atoms with Gasteiger partial charge in [0.25, 0.3) is 0 Å². The molecule has 2 atom stereocenters. The topological polar surface area (TPSA) is 49.9 Å². The maximum atomic E-state index is 13.7. The minimum Gasteiger partial charge on any atom is -0.497 e. The number of rotatable bonds is 5. The van der Waals surface area contributed by atoms with Crippen LogP contribution in [0.25, 0.3) is 0 Å². The predicted molar refractivity (Wildman–Crippen MR) is 139 cm³/mol. The first kappa shape index (κ1) is 22.9. The first-order chi connectivity index (χ1) is 17.0. The molecule has 0 saturated carbocycles. The molecule has 0 saturated heterocycles. The monoisotopic (exact) mass is 466 g/mol. The number of hydrogen-bond acceptors (Lipinski definition) is 4. The van der Waals surface area contributed by atoms with Crippen LogP contribution >= 0.6 is 0 Å².